The second-order valence-corrected chi connectivity index (χ2v) is 4.90. The van der Waals surface area contributed by atoms with Gasteiger partial charge in [0, 0.05) is 6.04 Å². The van der Waals surface area contributed by atoms with Gasteiger partial charge in [-0.1, -0.05) is 0 Å². The fourth-order valence-electron chi connectivity index (χ4n) is 1.85. The maximum Gasteiger partial charge on any atom is 0.339 e. The van der Waals surface area contributed by atoms with E-state index < -0.39 is 12.1 Å². The number of nitrogens with one attached hydrogen (secondary N) is 1. The molecule has 3 rings (SSSR count). The highest BCUT2D eigenvalue weighted by Gasteiger charge is 2.27. The minimum absolute atomic E-state index is 0.147. The predicted octanol–water partition coefficient (Wildman–Crippen LogP) is 1.24. The Kier molecular flexibility index (Phi) is 3.22. The van der Waals surface area contributed by atoms with E-state index >= 15 is 0 Å². The second kappa shape index (κ2) is 5.03. The Balaban J connectivity index is 1.61. The first-order chi connectivity index (χ1) is 9.63. The van der Waals surface area contributed by atoms with Gasteiger partial charge in [-0.15, -0.1) is 0 Å². The average molecular weight is 277 g/mol. The molecule has 1 atom stereocenters. The molecule has 0 saturated heterocycles. The summed E-state index contributed by atoms with van der Waals surface area (Å²) in [6.07, 6.45) is 1.18. The largest absolute Gasteiger partial charge is 0.454 e. The monoisotopic (exact) mass is 277 g/mol. The molecule has 1 saturated carbocycles. The number of hydrogen-bond donors (Lipinski definition) is 1. The number of fused-ring (bicyclic) bond motifs is 1. The Morgan fingerprint density at radius 3 is 2.80 bits per heavy atom. The van der Waals surface area contributed by atoms with Crippen molar-refractivity contribution in [1.82, 2.24) is 5.32 Å². The van der Waals surface area contributed by atoms with Crippen LogP contribution in [0.1, 0.15) is 30.1 Å². The molecule has 1 aromatic carbocycles. The van der Waals surface area contributed by atoms with Crippen LogP contribution in [-0.4, -0.2) is 30.8 Å². The molecule has 6 nitrogen and oxygen atoms in total. The molecule has 1 aliphatic heterocycles. The van der Waals surface area contributed by atoms with Gasteiger partial charge in [0.25, 0.3) is 5.91 Å². The van der Waals surface area contributed by atoms with Gasteiger partial charge in [-0.05, 0) is 38.0 Å². The van der Waals surface area contributed by atoms with Gasteiger partial charge in [-0.2, -0.15) is 0 Å². The molecule has 1 N–H and O–H groups in total. The van der Waals surface area contributed by atoms with E-state index in [2.05, 4.69) is 5.32 Å². The van der Waals surface area contributed by atoms with Crippen molar-refractivity contribution >= 4 is 11.9 Å². The predicted molar refractivity (Wildman–Crippen MR) is 68.6 cm³/mol. The summed E-state index contributed by atoms with van der Waals surface area (Å²) in [5.74, 6) is 0.291. The topological polar surface area (TPSA) is 73.9 Å². The Morgan fingerprint density at radius 1 is 1.30 bits per heavy atom. The van der Waals surface area contributed by atoms with Gasteiger partial charge >= 0.3 is 5.97 Å². The summed E-state index contributed by atoms with van der Waals surface area (Å²) < 4.78 is 15.5. The van der Waals surface area contributed by atoms with Crippen LogP contribution in [0, 0.1) is 0 Å². The van der Waals surface area contributed by atoms with Crippen LogP contribution in [-0.2, 0) is 9.53 Å². The van der Waals surface area contributed by atoms with Crippen LogP contribution in [0.5, 0.6) is 11.5 Å². The summed E-state index contributed by atoms with van der Waals surface area (Å²) >= 11 is 0. The molecular formula is C14H15NO5. The number of benzene rings is 1. The molecule has 6 heteroatoms. The van der Waals surface area contributed by atoms with Crippen LogP contribution in [0.3, 0.4) is 0 Å². The Morgan fingerprint density at radius 2 is 2.05 bits per heavy atom. The van der Waals surface area contributed by atoms with E-state index in [1.165, 1.54) is 0 Å². The van der Waals surface area contributed by atoms with E-state index in [0.717, 1.165) is 12.8 Å². The third kappa shape index (κ3) is 2.68. The summed E-state index contributed by atoms with van der Waals surface area (Å²) in [4.78, 5) is 23.7. The van der Waals surface area contributed by atoms with Crippen LogP contribution >= 0.6 is 0 Å². The van der Waals surface area contributed by atoms with E-state index in [1.54, 1.807) is 25.1 Å². The van der Waals surface area contributed by atoms with E-state index in [1.807, 2.05) is 0 Å². The lowest BCUT2D eigenvalue weighted by Crippen LogP contribution is -2.37. The first-order valence-electron chi connectivity index (χ1n) is 6.54. The van der Waals surface area contributed by atoms with Crippen LogP contribution in [0.2, 0.25) is 0 Å². The van der Waals surface area contributed by atoms with Gasteiger partial charge in [0.05, 0.1) is 5.56 Å². The molecule has 1 aromatic rings. The number of amides is 1. The molecule has 2 aliphatic rings. The van der Waals surface area contributed by atoms with Crippen molar-refractivity contribution in [1.29, 1.82) is 0 Å². The molecular weight excluding hydrogens is 262 g/mol. The zero-order valence-corrected chi connectivity index (χ0v) is 11.0. The van der Waals surface area contributed by atoms with E-state index in [0.29, 0.717) is 17.1 Å². The number of carbonyl (C=O) groups is 2. The Bertz CT molecular complexity index is 552. The lowest BCUT2D eigenvalue weighted by Gasteiger charge is -2.13. The standard InChI is InChI=1S/C14H15NO5/c1-8(13(16)15-10-3-4-10)20-14(17)9-2-5-11-12(6-9)19-7-18-11/h2,5-6,8,10H,3-4,7H2,1H3,(H,15,16)/t8-/m0/s1. The Labute approximate surface area is 116 Å². The quantitative estimate of drug-likeness (QED) is 0.838. The molecule has 106 valence electrons. The number of rotatable bonds is 4. The normalized spacial score (nSPS) is 17.4. The second-order valence-electron chi connectivity index (χ2n) is 4.90. The van der Waals surface area contributed by atoms with Crippen molar-refractivity contribution in [3.8, 4) is 11.5 Å². The zero-order valence-electron chi connectivity index (χ0n) is 11.0. The van der Waals surface area contributed by atoms with Crippen molar-refractivity contribution in [3.05, 3.63) is 23.8 Å². The molecule has 0 unspecified atom stereocenters. The van der Waals surface area contributed by atoms with Crippen LogP contribution < -0.4 is 14.8 Å². The van der Waals surface area contributed by atoms with Gasteiger partial charge in [0.15, 0.2) is 17.6 Å². The molecule has 1 amide bonds. The molecule has 1 aliphatic carbocycles. The lowest BCUT2D eigenvalue weighted by atomic mass is 10.2. The van der Waals surface area contributed by atoms with Crippen LogP contribution in [0.4, 0.5) is 0 Å². The molecule has 20 heavy (non-hydrogen) atoms. The minimum Gasteiger partial charge on any atom is -0.454 e. The summed E-state index contributed by atoms with van der Waals surface area (Å²) in [6, 6.07) is 5.03. The fourth-order valence-corrected chi connectivity index (χ4v) is 1.85. The number of ether oxygens (including phenoxy) is 3. The zero-order chi connectivity index (χ0) is 14.1. The summed E-state index contributed by atoms with van der Waals surface area (Å²) in [6.45, 7) is 1.70. The number of carbonyl (C=O) groups excluding carboxylic acids is 2. The molecule has 1 heterocycles. The van der Waals surface area contributed by atoms with Crippen LogP contribution in [0.15, 0.2) is 18.2 Å². The number of esters is 1. The van der Waals surface area contributed by atoms with Crippen molar-refractivity contribution in [2.24, 2.45) is 0 Å². The molecule has 0 aromatic heterocycles. The summed E-state index contributed by atoms with van der Waals surface area (Å²) in [5.41, 5.74) is 0.334. The van der Waals surface area contributed by atoms with Gasteiger partial charge in [0.2, 0.25) is 6.79 Å². The average Bonchev–Trinajstić information content (AvgIpc) is 3.12. The highest BCUT2D eigenvalue weighted by molar-refractivity contribution is 5.93. The van der Waals surface area contributed by atoms with Crippen molar-refractivity contribution < 1.29 is 23.8 Å². The molecule has 0 bridgehead atoms. The molecule has 0 spiro atoms. The third-order valence-corrected chi connectivity index (χ3v) is 3.19. The van der Waals surface area contributed by atoms with Crippen molar-refractivity contribution in [2.75, 3.05) is 6.79 Å². The van der Waals surface area contributed by atoms with Gasteiger partial charge in [-0.3, -0.25) is 4.79 Å². The molecule has 0 radical (unpaired) electrons. The highest BCUT2D eigenvalue weighted by atomic mass is 16.7. The Hall–Kier alpha value is -2.24. The third-order valence-electron chi connectivity index (χ3n) is 3.19. The van der Waals surface area contributed by atoms with Crippen LogP contribution in [0.25, 0.3) is 0 Å². The maximum atomic E-state index is 12.0. The van der Waals surface area contributed by atoms with Gasteiger partial charge < -0.3 is 19.5 Å². The highest BCUT2D eigenvalue weighted by Crippen LogP contribution is 2.32. The van der Waals surface area contributed by atoms with E-state index in [9.17, 15) is 9.59 Å². The lowest BCUT2D eigenvalue weighted by molar-refractivity contribution is -0.129. The summed E-state index contributed by atoms with van der Waals surface area (Å²) in [5, 5.41) is 2.79. The number of hydrogen-bond acceptors (Lipinski definition) is 5. The van der Waals surface area contributed by atoms with E-state index in [-0.39, 0.29) is 18.7 Å². The SMILES string of the molecule is C[C@H](OC(=O)c1ccc2c(c1)OCO2)C(=O)NC1CC1. The van der Waals surface area contributed by atoms with Crippen molar-refractivity contribution in [3.63, 3.8) is 0 Å². The first-order valence-corrected chi connectivity index (χ1v) is 6.54. The summed E-state index contributed by atoms with van der Waals surface area (Å²) in [7, 11) is 0. The van der Waals surface area contributed by atoms with E-state index in [4.69, 9.17) is 14.2 Å². The van der Waals surface area contributed by atoms with Gasteiger partial charge in [-0.25, -0.2) is 4.79 Å². The molecule has 1 fully saturated rings. The maximum absolute atomic E-state index is 12.0. The fraction of sp³-hybridized carbons (Fsp3) is 0.429. The van der Waals surface area contributed by atoms with Gasteiger partial charge in [0.1, 0.15) is 0 Å². The smallest absolute Gasteiger partial charge is 0.339 e. The minimum atomic E-state index is -0.812. The van der Waals surface area contributed by atoms with Crippen molar-refractivity contribution in [2.45, 2.75) is 31.9 Å². The first kappa shape index (κ1) is 12.8.